The molecule has 1 aliphatic heterocycles. The smallest absolute Gasteiger partial charge is 0.326 e. The summed E-state index contributed by atoms with van der Waals surface area (Å²) >= 11 is 0. The fourth-order valence-corrected chi connectivity index (χ4v) is 3.29. The van der Waals surface area contributed by atoms with Gasteiger partial charge in [0.2, 0.25) is 0 Å². The Morgan fingerprint density at radius 3 is 2.59 bits per heavy atom. The van der Waals surface area contributed by atoms with Crippen LogP contribution in [0.3, 0.4) is 0 Å². The Labute approximate surface area is 104 Å². The van der Waals surface area contributed by atoms with Crippen LogP contribution in [0, 0.1) is 11.8 Å². The van der Waals surface area contributed by atoms with E-state index in [2.05, 4.69) is 5.32 Å². The summed E-state index contributed by atoms with van der Waals surface area (Å²) in [5.74, 6) is 1.06. The first-order chi connectivity index (χ1) is 7.83. The minimum Gasteiger partial charge on any atom is -0.459 e. The first kappa shape index (κ1) is 12.9. The van der Waals surface area contributed by atoms with E-state index in [0.29, 0.717) is 11.8 Å². The number of hydrogen-bond donors (Lipinski definition) is 1. The molecular formula is C14H25NO2. The third-order valence-electron chi connectivity index (χ3n) is 4.21. The van der Waals surface area contributed by atoms with Crippen molar-refractivity contribution in [1.29, 1.82) is 0 Å². The largest absolute Gasteiger partial charge is 0.459 e. The lowest BCUT2D eigenvalue weighted by molar-refractivity contribution is -0.164. The van der Waals surface area contributed by atoms with E-state index in [1.54, 1.807) is 0 Å². The normalized spacial score (nSPS) is 37.6. The van der Waals surface area contributed by atoms with Crippen molar-refractivity contribution in [2.45, 2.75) is 64.5 Å². The monoisotopic (exact) mass is 239 g/mol. The third kappa shape index (κ3) is 2.49. The van der Waals surface area contributed by atoms with Gasteiger partial charge in [0.15, 0.2) is 0 Å². The summed E-state index contributed by atoms with van der Waals surface area (Å²) in [6, 6.07) is 0. The van der Waals surface area contributed by atoms with Crippen LogP contribution in [0.15, 0.2) is 0 Å². The summed E-state index contributed by atoms with van der Waals surface area (Å²) in [6.07, 6.45) is 4.98. The van der Waals surface area contributed by atoms with Crippen LogP contribution >= 0.6 is 0 Å². The van der Waals surface area contributed by atoms with Gasteiger partial charge < -0.3 is 10.1 Å². The average molecular weight is 239 g/mol. The van der Waals surface area contributed by atoms with Crippen molar-refractivity contribution >= 4 is 5.97 Å². The predicted octanol–water partition coefficient (Wildman–Crippen LogP) is 2.50. The highest BCUT2D eigenvalue weighted by atomic mass is 16.6. The van der Waals surface area contributed by atoms with E-state index in [0.717, 1.165) is 13.0 Å². The highest BCUT2D eigenvalue weighted by molar-refractivity contribution is 5.81. The first-order valence-electron chi connectivity index (χ1n) is 6.81. The molecule has 3 unspecified atom stereocenters. The summed E-state index contributed by atoms with van der Waals surface area (Å²) in [6.45, 7) is 8.79. The number of ether oxygens (including phenoxy) is 1. The van der Waals surface area contributed by atoms with E-state index >= 15 is 0 Å². The number of fused-ring (bicyclic) bond motifs is 1. The molecule has 0 bridgehead atoms. The highest BCUT2D eigenvalue weighted by Gasteiger charge is 2.52. The molecule has 1 aliphatic carbocycles. The van der Waals surface area contributed by atoms with Crippen molar-refractivity contribution in [2.24, 2.45) is 11.8 Å². The Morgan fingerprint density at radius 1 is 1.29 bits per heavy atom. The van der Waals surface area contributed by atoms with Crippen molar-refractivity contribution in [2.75, 3.05) is 6.54 Å². The van der Waals surface area contributed by atoms with Crippen LogP contribution < -0.4 is 5.32 Å². The molecule has 1 heterocycles. The van der Waals surface area contributed by atoms with Crippen molar-refractivity contribution in [1.82, 2.24) is 5.32 Å². The van der Waals surface area contributed by atoms with Gasteiger partial charge in [-0.25, -0.2) is 0 Å². The standard InChI is InChI=1S/C14H25NO2/c1-13(2,3)17-12(16)14(4)11-8-6-5-7-10(11)9-15-14/h10-11,15H,5-9H2,1-4H3. The molecule has 0 radical (unpaired) electrons. The van der Waals surface area contributed by atoms with Crippen LogP contribution in [0.25, 0.3) is 0 Å². The van der Waals surface area contributed by atoms with Crippen LogP contribution in [0.1, 0.15) is 53.4 Å². The van der Waals surface area contributed by atoms with Crippen molar-refractivity contribution in [3.05, 3.63) is 0 Å². The van der Waals surface area contributed by atoms with E-state index in [1.807, 2.05) is 27.7 Å². The molecule has 98 valence electrons. The SMILES string of the molecule is CC(C)(C)OC(=O)C1(C)NCC2CCCCC21. The predicted molar refractivity (Wildman–Crippen MR) is 67.7 cm³/mol. The van der Waals surface area contributed by atoms with Gasteiger partial charge in [0.05, 0.1) is 0 Å². The molecule has 3 nitrogen and oxygen atoms in total. The molecule has 3 heteroatoms. The molecule has 1 saturated carbocycles. The van der Waals surface area contributed by atoms with Crippen LogP contribution in [0.2, 0.25) is 0 Å². The fourth-order valence-electron chi connectivity index (χ4n) is 3.29. The van der Waals surface area contributed by atoms with E-state index in [4.69, 9.17) is 4.74 Å². The third-order valence-corrected chi connectivity index (χ3v) is 4.21. The molecule has 17 heavy (non-hydrogen) atoms. The van der Waals surface area contributed by atoms with E-state index in [1.165, 1.54) is 19.3 Å². The molecule has 2 aliphatic rings. The Hall–Kier alpha value is -0.570. The number of nitrogens with one attached hydrogen (secondary N) is 1. The maximum atomic E-state index is 12.4. The molecule has 0 spiro atoms. The fraction of sp³-hybridized carbons (Fsp3) is 0.929. The van der Waals surface area contributed by atoms with Crippen molar-refractivity contribution in [3.63, 3.8) is 0 Å². The summed E-state index contributed by atoms with van der Waals surface area (Å²) < 4.78 is 5.57. The zero-order chi connectivity index (χ0) is 12.7. The molecule has 0 aromatic carbocycles. The summed E-state index contributed by atoms with van der Waals surface area (Å²) in [7, 11) is 0. The van der Waals surface area contributed by atoms with E-state index in [9.17, 15) is 4.79 Å². The van der Waals surface area contributed by atoms with Gasteiger partial charge in [-0.1, -0.05) is 12.8 Å². The topological polar surface area (TPSA) is 38.3 Å². The van der Waals surface area contributed by atoms with Crippen LogP contribution in [0.5, 0.6) is 0 Å². The Morgan fingerprint density at radius 2 is 1.94 bits per heavy atom. The Kier molecular flexibility index (Phi) is 3.23. The number of rotatable bonds is 1. The van der Waals surface area contributed by atoms with Crippen LogP contribution in [0.4, 0.5) is 0 Å². The van der Waals surface area contributed by atoms with E-state index < -0.39 is 11.1 Å². The minimum absolute atomic E-state index is 0.0700. The quantitative estimate of drug-likeness (QED) is 0.714. The van der Waals surface area contributed by atoms with Gasteiger partial charge in [0.25, 0.3) is 0 Å². The Bertz CT molecular complexity index is 308. The van der Waals surface area contributed by atoms with Crippen LogP contribution in [-0.2, 0) is 9.53 Å². The summed E-state index contributed by atoms with van der Waals surface area (Å²) in [4.78, 5) is 12.4. The second kappa shape index (κ2) is 4.27. The van der Waals surface area contributed by atoms with Gasteiger partial charge in [0.1, 0.15) is 11.1 Å². The zero-order valence-electron chi connectivity index (χ0n) is 11.5. The molecule has 3 atom stereocenters. The lowest BCUT2D eigenvalue weighted by atomic mass is 9.73. The molecule has 0 aromatic heterocycles. The molecule has 1 saturated heterocycles. The maximum absolute atomic E-state index is 12.4. The number of esters is 1. The minimum atomic E-state index is -0.460. The molecule has 0 aromatic rings. The van der Waals surface area contributed by atoms with Crippen molar-refractivity contribution in [3.8, 4) is 0 Å². The number of carbonyl (C=O) groups is 1. The van der Waals surface area contributed by atoms with E-state index in [-0.39, 0.29) is 5.97 Å². The average Bonchev–Trinajstić information content (AvgIpc) is 2.56. The van der Waals surface area contributed by atoms with Gasteiger partial charge in [-0.2, -0.15) is 0 Å². The van der Waals surface area contributed by atoms with Crippen LogP contribution in [-0.4, -0.2) is 23.7 Å². The lowest BCUT2D eigenvalue weighted by Crippen LogP contribution is -2.52. The maximum Gasteiger partial charge on any atom is 0.326 e. The second-order valence-electron chi connectivity index (χ2n) is 6.74. The second-order valence-corrected chi connectivity index (χ2v) is 6.74. The lowest BCUT2D eigenvalue weighted by Gasteiger charge is -2.36. The first-order valence-corrected chi connectivity index (χ1v) is 6.81. The number of carbonyl (C=O) groups excluding carboxylic acids is 1. The van der Waals surface area contributed by atoms with Gasteiger partial charge in [-0.05, 0) is 58.9 Å². The number of hydrogen-bond acceptors (Lipinski definition) is 3. The summed E-state index contributed by atoms with van der Waals surface area (Å²) in [5, 5.41) is 3.42. The van der Waals surface area contributed by atoms with Gasteiger partial charge in [-0.15, -0.1) is 0 Å². The summed E-state index contributed by atoms with van der Waals surface area (Å²) in [5.41, 5.74) is -0.854. The molecular weight excluding hydrogens is 214 g/mol. The van der Waals surface area contributed by atoms with Gasteiger partial charge in [0, 0.05) is 0 Å². The molecule has 2 rings (SSSR count). The highest BCUT2D eigenvalue weighted by Crippen LogP contribution is 2.42. The molecule has 1 N–H and O–H groups in total. The Balaban J connectivity index is 2.10. The van der Waals surface area contributed by atoms with Gasteiger partial charge >= 0.3 is 5.97 Å². The zero-order valence-corrected chi connectivity index (χ0v) is 11.5. The van der Waals surface area contributed by atoms with Gasteiger partial charge in [-0.3, -0.25) is 4.79 Å². The molecule has 0 amide bonds. The molecule has 2 fully saturated rings. The van der Waals surface area contributed by atoms with Crippen molar-refractivity contribution < 1.29 is 9.53 Å².